The van der Waals surface area contributed by atoms with E-state index in [0.29, 0.717) is 0 Å². The molecule has 0 spiro atoms. The fraction of sp³-hybridized carbons (Fsp3) is 0.733. The van der Waals surface area contributed by atoms with E-state index in [9.17, 15) is 0 Å². The summed E-state index contributed by atoms with van der Waals surface area (Å²) in [6.45, 7) is 12.0. The van der Waals surface area contributed by atoms with Crippen molar-refractivity contribution in [1.82, 2.24) is 9.97 Å². The zero-order chi connectivity index (χ0) is 14.3. The quantitative estimate of drug-likeness (QED) is 0.890. The van der Waals surface area contributed by atoms with E-state index in [1.807, 2.05) is 0 Å². The lowest BCUT2D eigenvalue weighted by Gasteiger charge is -2.23. The monoisotopic (exact) mass is 325 g/mol. The predicted molar refractivity (Wildman–Crippen MR) is 83.8 cm³/mol. The third-order valence-corrected chi connectivity index (χ3v) is 4.40. The van der Waals surface area contributed by atoms with Gasteiger partial charge in [-0.1, -0.05) is 34.6 Å². The number of nitrogens with zero attached hydrogens (tertiary/aromatic N) is 2. The highest BCUT2D eigenvalue weighted by Crippen LogP contribution is 2.47. The van der Waals surface area contributed by atoms with E-state index in [0.717, 1.165) is 34.8 Å². The molecule has 0 radical (unpaired) electrons. The smallest absolute Gasteiger partial charge is 0.144 e. The number of rotatable bonds is 4. The molecule has 1 saturated carbocycles. The highest BCUT2D eigenvalue weighted by molar-refractivity contribution is 9.10. The van der Waals surface area contributed by atoms with Gasteiger partial charge in [0.15, 0.2) is 0 Å². The van der Waals surface area contributed by atoms with Gasteiger partial charge in [0.2, 0.25) is 0 Å². The summed E-state index contributed by atoms with van der Waals surface area (Å²) in [5.41, 5.74) is 1.32. The lowest BCUT2D eigenvalue weighted by atomic mass is 9.91. The Kier molecular flexibility index (Phi) is 3.92. The van der Waals surface area contributed by atoms with Gasteiger partial charge >= 0.3 is 0 Å². The number of hydrogen-bond donors (Lipinski definition) is 1. The minimum atomic E-state index is 0.0183. The third kappa shape index (κ3) is 3.10. The lowest BCUT2D eigenvalue weighted by molar-refractivity contribution is 0.550. The van der Waals surface area contributed by atoms with Crippen molar-refractivity contribution in [3.63, 3.8) is 0 Å². The van der Waals surface area contributed by atoms with E-state index in [1.54, 1.807) is 0 Å². The average Bonchev–Trinajstić information content (AvgIpc) is 3.05. The maximum absolute atomic E-state index is 4.85. The molecule has 1 aromatic heterocycles. The highest BCUT2D eigenvalue weighted by Gasteiger charge is 2.43. The number of anilines is 1. The molecule has 1 aliphatic carbocycles. The number of hydrogen-bond acceptors (Lipinski definition) is 3. The van der Waals surface area contributed by atoms with Crippen LogP contribution in [0.15, 0.2) is 4.47 Å². The molecular formula is C15H24BrN3. The Morgan fingerprint density at radius 2 is 1.89 bits per heavy atom. The summed E-state index contributed by atoms with van der Waals surface area (Å²) in [4.78, 5) is 9.60. The van der Waals surface area contributed by atoms with Gasteiger partial charge < -0.3 is 5.32 Å². The minimum Gasteiger partial charge on any atom is -0.369 e. The second-order valence-electron chi connectivity index (χ2n) is 6.80. The Hall–Kier alpha value is -0.640. The van der Waals surface area contributed by atoms with Crippen molar-refractivity contribution >= 4 is 21.7 Å². The zero-order valence-corrected chi connectivity index (χ0v) is 14.2. The van der Waals surface area contributed by atoms with Crippen LogP contribution in [0.4, 0.5) is 5.82 Å². The van der Waals surface area contributed by atoms with Gasteiger partial charge in [0.05, 0.1) is 10.2 Å². The fourth-order valence-corrected chi connectivity index (χ4v) is 2.90. The van der Waals surface area contributed by atoms with Crippen LogP contribution in [0.3, 0.4) is 0 Å². The van der Waals surface area contributed by atoms with Crippen LogP contribution in [-0.4, -0.2) is 16.5 Å². The number of nitrogens with one attached hydrogen (secondary N) is 1. The first kappa shape index (κ1) is 14.8. The summed E-state index contributed by atoms with van der Waals surface area (Å²) < 4.78 is 1.02. The molecule has 106 valence electrons. The molecule has 0 bridgehead atoms. The molecule has 0 aliphatic heterocycles. The SMILES string of the molecule is CCCNc1nc(C2(C)CC2)nc(C(C)(C)C)c1Br. The van der Waals surface area contributed by atoms with Gasteiger partial charge in [0.1, 0.15) is 11.6 Å². The summed E-state index contributed by atoms with van der Waals surface area (Å²) in [7, 11) is 0. The van der Waals surface area contributed by atoms with Gasteiger partial charge in [-0.2, -0.15) is 0 Å². The Bertz CT molecular complexity index is 473. The topological polar surface area (TPSA) is 37.8 Å². The van der Waals surface area contributed by atoms with E-state index in [1.165, 1.54) is 12.8 Å². The van der Waals surface area contributed by atoms with Crippen LogP contribution in [0.5, 0.6) is 0 Å². The maximum Gasteiger partial charge on any atom is 0.144 e. The van der Waals surface area contributed by atoms with E-state index < -0.39 is 0 Å². The molecule has 4 heteroatoms. The summed E-state index contributed by atoms with van der Waals surface area (Å²) >= 11 is 3.68. The molecule has 1 aliphatic rings. The van der Waals surface area contributed by atoms with Crippen LogP contribution in [0.1, 0.15) is 65.4 Å². The summed E-state index contributed by atoms with van der Waals surface area (Å²) in [6.07, 6.45) is 3.49. The van der Waals surface area contributed by atoms with Gasteiger partial charge in [0.25, 0.3) is 0 Å². The van der Waals surface area contributed by atoms with Crippen molar-refractivity contribution in [3.05, 3.63) is 16.0 Å². The minimum absolute atomic E-state index is 0.0183. The fourth-order valence-electron chi connectivity index (χ4n) is 1.99. The molecule has 0 atom stereocenters. The molecule has 0 unspecified atom stereocenters. The summed E-state index contributed by atoms with van der Waals surface area (Å²) in [5.74, 6) is 1.95. The molecule has 1 fully saturated rings. The van der Waals surface area contributed by atoms with Gasteiger partial charge in [-0.15, -0.1) is 0 Å². The maximum atomic E-state index is 4.85. The van der Waals surface area contributed by atoms with Crippen LogP contribution < -0.4 is 5.32 Å². The first-order valence-electron chi connectivity index (χ1n) is 7.10. The molecule has 2 rings (SSSR count). The molecule has 0 saturated heterocycles. The average molecular weight is 326 g/mol. The first-order chi connectivity index (χ1) is 8.78. The third-order valence-electron chi connectivity index (χ3n) is 3.64. The highest BCUT2D eigenvalue weighted by atomic mass is 79.9. The number of halogens is 1. The standard InChI is InChI=1S/C15H24BrN3/c1-6-9-17-12-10(16)11(14(2,3)4)18-13(19-12)15(5)7-8-15/h6-9H2,1-5H3,(H,17,18,19). The molecular weight excluding hydrogens is 302 g/mol. The van der Waals surface area contributed by atoms with E-state index in [2.05, 4.69) is 55.9 Å². The largest absolute Gasteiger partial charge is 0.369 e. The molecule has 3 nitrogen and oxygen atoms in total. The summed E-state index contributed by atoms with van der Waals surface area (Å²) in [6, 6.07) is 0. The molecule has 1 heterocycles. The van der Waals surface area contributed by atoms with E-state index >= 15 is 0 Å². The Labute approximate surface area is 124 Å². The summed E-state index contributed by atoms with van der Waals surface area (Å²) in [5, 5.41) is 3.42. The Morgan fingerprint density at radius 1 is 1.26 bits per heavy atom. The van der Waals surface area contributed by atoms with Gasteiger partial charge in [-0.3, -0.25) is 0 Å². The Balaban J connectivity index is 2.47. The lowest BCUT2D eigenvalue weighted by Crippen LogP contribution is -2.21. The van der Waals surface area contributed by atoms with Crippen molar-refractivity contribution in [2.75, 3.05) is 11.9 Å². The molecule has 0 amide bonds. The van der Waals surface area contributed by atoms with Crippen LogP contribution in [0.2, 0.25) is 0 Å². The molecule has 0 aromatic carbocycles. The van der Waals surface area contributed by atoms with Crippen molar-refractivity contribution in [3.8, 4) is 0 Å². The molecule has 1 aromatic rings. The van der Waals surface area contributed by atoms with E-state index in [-0.39, 0.29) is 10.8 Å². The van der Waals surface area contributed by atoms with Crippen LogP contribution in [0.25, 0.3) is 0 Å². The second-order valence-corrected chi connectivity index (χ2v) is 7.59. The number of aromatic nitrogens is 2. The van der Waals surface area contributed by atoms with Crippen LogP contribution >= 0.6 is 15.9 Å². The van der Waals surface area contributed by atoms with Gasteiger partial charge in [-0.25, -0.2) is 9.97 Å². The zero-order valence-electron chi connectivity index (χ0n) is 12.6. The van der Waals surface area contributed by atoms with Gasteiger partial charge in [0, 0.05) is 17.4 Å². The van der Waals surface area contributed by atoms with Crippen LogP contribution in [0, 0.1) is 0 Å². The second kappa shape index (κ2) is 5.04. The van der Waals surface area contributed by atoms with Crippen molar-refractivity contribution in [1.29, 1.82) is 0 Å². The van der Waals surface area contributed by atoms with Crippen molar-refractivity contribution in [2.45, 2.75) is 64.7 Å². The van der Waals surface area contributed by atoms with Gasteiger partial charge in [-0.05, 0) is 35.2 Å². The van der Waals surface area contributed by atoms with Crippen LogP contribution in [-0.2, 0) is 10.8 Å². The Morgan fingerprint density at radius 3 is 2.37 bits per heavy atom. The first-order valence-corrected chi connectivity index (χ1v) is 7.89. The molecule has 1 N–H and O–H groups in total. The predicted octanol–water partition coefficient (Wildman–Crippen LogP) is 4.41. The molecule has 19 heavy (non-hydrogen) atoms. The van der Waals surface area contributed by atoms with E-state index in [4.69, 9.17) is 9.97 Å². The van der Waals surface area contributed by atoms with Crippen molar-refractivity contribution < 1.29 is 0 Å². The normalized spacial score (nSPS) is 17.4. The van der Waals surface area contributed by atoms with Crippen molar-refractivity contribution in [2.24, 2.45) is 0 Å².